The number of carbonyl (C=O) groups excluding carboxylic acids is 3. The Balaban J connectivity index is 2.15. The molecule has 14 heteroatoms. The molecule has 0 aliphatic carbocycles. The molecule has 1 aromatic rings. The van der Waals surface area contributed by atoms with Gasteiger partial charge in [0, 0.05) is 55.5 Å². The molecule has 0 radical (unpaired) electrons. The van der Waals surface area contributed by atoms with Gasteiger partial charge in [-0.25, -0.2) is 4.79 Å². The molecule has 3 rings (SSSR count). The van der Waals surface area contributed by atoms with Gasteiger partial charge in [0.05, 0.1) is 29.8 Å². The van der Waals surface area contributed by atoms with Crippen LogP contribution in [0, 0.1) is 23.7 Å². The van der Waals surface area contributed by atoms with Gasteiger partial charge in [-0.15, -0.1) is 0 Å². The average Bonchev–Trinajstić information content (AvgIpc) is 3.11. The molecule has 3 N–H and O–H groups in total. The van der Waals surface area contributed by atoms with E-state index >= 15 is 0 Å². The van der Waals surface area contributed by atoms with Crippen LogP contribution in [0.5, 0.6) is 0 Å². The van der Waals surface area contributed by atoms with E-state index in [4.69, 9.17) is 28.4 Å². The smallest absolute Gasteiger partial charge is 0.407 e. The molecule has 1 aromatic carbocycles. The van der Waals surface area contributed by atoms with Gasteiger partial charge in [-0.3, -0.25) is 9.59 Å². The first-order valence-electron chi connectivity index (χ1n) is 18.6. The van der Waals surface area contributed by atoms with Crippen molar-refractivity contribution in [2.75, 3.05) is 28.3 Å². The van der Waals surface area contributed by atoms with Crippen LogP contribution >= 0.6 is 15.9 Å². The van der Waals surface area contributed by atoms with Crippen LogP contribution in [-0.2, 0) is 44.6 Å². The van der Waals surface area contributed by atoms with E-state index in [0.29, 0.717) is 6.42 Å². The number of aliphatic hydroxyl groups is 2. The van der Waals surface area contributed by atoms with Gasteiger partial charge in [-0.05, 0) is 72.3 Å². The van der Waals surface area contributed by atoms with Gasteiger partial charge in [-0.1, -0.05) is 55.8 Å². The summed E-state index contributed by atoms with van der Waals surface area (Å²) in [4.78, 5) is 43.8. The number of hydrogen-bond donors (Lipinski definition) is 3. The lowest BCUT2D eigenvalue weighted by atomic mass is 9.72. The first kappa shape index (κ1) is 45.2. The number of carbonyl (C=O) groups is 3. The Morgan fingerprint density at radius 1 is 1.06 bits per heavy atom. The van der Waals surface area contributed by atoms with Gasteiger partial charge in [0.25, 0.3) is 0 Å². The third-order valence-corrected chi connectivity index (χ3v) is 12.1. The van der Waals surface area contributed by atoms with E-state index < -0.39 is 83.7 Å². The van der Waals surface area contributed by atoms with Gasteiger partial charge in [0.1, 0.15) is 29.7 Å². The molecule has 0 bridgehead atoms. The number of methoxy groups -OCH3 is 2. The lowest BCUT2D eigenvalue weighted by Gasteiger charge is -2.46. The van der Waals surface area contributed by atoms with Crippen LogP contribution in [0.3, 0.4) is 0 Å². The number of alkyl carbamates (subject to hydrolysis) is 1. The Morgan fingerprint density at radius 3 is 2.23 bits per heavy atom. The van der Waals surface area contributed by atoms with Gasteiger partial charge in [0.2, 0.25) is 0 Å². The fourth-order valence-electron chi connectivity index (χ4n) is 7.81. The molecule has 13 nitrogen and oxygen atoms in total. The summed E-state index contributed by atoms with van der Waals surface area (Å²) in [5, 5.41) is 26.2. The highest BCUT2D eigenvalue weighted by Crippen LogP contribution is 2.39. The number of benzene rings is 1. The summed E-state index contributed by atoms with van der Waals surface area (Å²) in [5.74, 6) is -4.35. The molecular weight excluding hydrogens is 752 g/mol. The summed E-state index contributed by atoms with van der Waals surface area (Å²) in [6, 6.07) is 7.16. The second-order valence-corrected chi connectivity index (χ2v) is 16.5. The minimum Gasteiger partial charge on any atom is -0.459 e. The van der Waals surface area contributed by atoms with E-state index in [0.717, 1.165) is 10.0 Å². The number of nitrogens with zero attached hydrogens (tertiary/aromatic N) is 1. The molecule has 1 amide bonds. The average molecular weight is 816 g/mol. The molecule has 0 saturated carbocycles. The monoisotopic (exact) mass is 814 g/mol. The number of hydrogen-bond acceptors (Lipinski definition) is 12. The minimum absolute atomic E-state index is 0.0751. The fourth-order valence-corrected chi connectivity index (χ4v) is 8.08. The second-order valence-electron chi connectivity index (χ2n) is 15.6. The number of amides is 1. The fraction of sp³-hybridized carbons (Fsp3) is 0.769. The van der Waals surface area contributed by atoms with Crippen molar-refractivity contribution in [3.8, 4) is 0 Å². The number of ketones is 1. The number of Topliss-reactive ketones (excluding diaryl/α,β-unsaturated/α-hetero) is 1. The standard InChI is InChI=1S/C39H63BrN2O11/c1-13-30-39(8,47)34(48-11)23(4)31(43)25(6)38(7,49-12)19-29(51-36-32(44)28(42(9)10)18-21(2)50-36)22(3)33(24(5)35(45)52-30)53-37(46)41-20-26-14-16-27(40)17-15-26/h14-17,21-25,28-30,32-34,36,44,47H,13,18-20H2,1-12H3,(H,41,46)/t21-,22-,23?,24-,25+,28+,29+,30-,32-,33+,34-,36+,38-,39-/m1/s1. The molecule has 2 heterocycles. The van der Waals surface area contributed by atoms with Crippen LogP contribution in [0.15, 0.2) is 28.7 Å². The number of halogens is 1. The van der Waals surface area contributed by atoms with Crippen molar-refractivity contribution in [3.05, 3.63) is 34.3 Å². The second kappa shape index (κ2) is 19.1. The molecule has 2 fully saturated rings. The van der Waals surface area contributed by atoms with Crippen LogP contribution in [-0.4, -0.2) is 121 Å². The number of aliphatic hydroxyl groups excluding tert-OH is 1. The van der Waals surface area contributed by atoms with Crippen molar-refractivity contribution in [2.45, 2.75) is 141 Å². The number of nitrogens with one attached hydrogen (secondary N) is 1. The predicted molar refractivity (Wildman–Crippen MR) is 202 cm³/mol. The summed E-state index contributed by atoms with van der Waals surface area (Å²) >= 11 is 3.42. The number of ether oxygens (including phenoxy) is 6. The summed E-state index contributed by atoms with van der Waals surface area (Å²) in [6.45, 7) is 14.0. The lowest BCUT2D eigenvalue weighted by molar-refractivity contribution is -0.282. The lowest BCUT2D eigenvalue weighted by Crippen LogP contribution is -2.59. The Labute approximate surface area is 323 Å². The van der Waals surface area contributed by atoms with E-state index in [1.165, 1.54) is 21.1 Å². The normalized spacial score (nSPS) is 39.2. The van der Waals surface area contributed by atoms with Crippen LogP contribution in [0.1, 0.15) is 80.2 Å². The number of rotatable bonds is 9. The first-order chi connectivity index (χ1) is 24.7. The van der Waals surface area contributed by atoms with Crippen LogP contribution < -0.4 is 5.32 Å². The molecule has 1 unspecified atom stereocenters. The van der Waals surface area contributed by atoms with Gasteiger partial charge >= 0.3 is 12.1 Å². The largest absolute Gasteiger partial charge is 0.459 e. The molecule has 0 aromatic heterocycles. The molecule has 53 heavy (non-hydrogen) atoms. The van der Waals surface area contributed by atoms with E-state index in [1.54, 1.807) is 41.5 Å². The maximum absolute atomic E-state index is 14.3. The van der Waals surface area contributed by atoms with E-state index in [9.17, 15) is 24.6 Å². The highest BCUT2D eigenvalue weighted by atomic mass is 79.9. The van der Waals surface area contributed by atoms with Crippen molar-refractivity contribution in [2.24, 2.45) is 23.7 Å². The summed E-state index contributed by atoms with van der Waals surface area (Å²) < 4.78 is 37.8. The zero-order chi connectivity index (χ0) is 40.0. The van der Waals surface area contributed by atoms with Crippen molar-refractivity contribution < 1.29 is 53.0 Å². The number of esters is 1. The Kier molecular flexibility index (Phi) is 16.3. The molecule has 0 spiro atoms. The van der Waals surface area contributed by atoms with Crippen molar-refractivity contribution in [3.63, 3.8) is 0 Å². The Bertz CT molecular complexity index is 1360. The SMILES string of the molecule is CC[C@H]1OC(=O)[C@H](C)[C@@H](OC(=O)NCc2ccc(Br)cc2)[C@H](C)[C@@H](O[C@@H]2O[C@H](C)C[C@H](N(C)C)[C@H]2O)C[C@@](C)(OC)[C@@H](C)C(=O)C(C)[C@@H](OC)[C@]1(C)O. The molecular formula is C39H63BrN2O11. The number of cyclic esters (lactones) is 1. The van der Waals surface area contributed by atoms with E-state index in [-0.39, 0.29) is 37.3 Å². The molecule has 2 aliphatic rings. The van der Waals surface area contributed by atoms with Gasteiger partial charge in [-0.2, -0.15) is 0 Å². The quantitative estimate of drug-likeness (QED) is 0.291. The van der Waals surface area contributed by atoms with Gasteiger partial charge in [0.15, 0.2) is 6.29 Å². The van der Waals surface area contributed by atoms with Crippen molar-refractivity contribution in [1.82, 2.24) is 10.2 Å². The zero-order valence-electron chi connectivity index (χ0n) is 33.5. The topological polar surface area (TPSA) is 162 Å². The predicted octanol–water partition coefficient (Wildman–Crippen LogP) is 4.87. The maximum Gasteiger partial charge on any atom is 0.407 e. The van der Waals surface area contributed by atoms with Crippen molar-refractivity contribution >= 4 is 33.8 Å². The van der Waals surface area contributed by atoms with E-state index in [2.05, 4.69) is 21.2 Å². The Morgan fingerprint density at radius 2 is 1.68 bits per heavy atom. The van der Waals surface area contributed by atoms with Gasteiger partial charge < -0.3 is 48.9 Å². The third-order valence-electron chi connectivity index (χ3n) is 11.6. The minimum atomic E-state index is -1.77. The van der Waals surface area contributed by atoms with E-state index in [1.807, 2.05) is 50.2 Å². The number of likely N-dealkylation sites (N-methyl/N-ethyl adjacent to an activating group) is 1. The first-order valence-corrected chi connectivity index (χ1v) is 19.4. The van der Waals surface area contributed by atoms with Crippen molar-refractivity contribution in [1.29, 1.82) is 0 Å². The van der Waals surface area contributed by atoms with Crippen LogP contribution in [0.4, 0.5) is 4.79 Å². The summed E-state index contributed by atoms with van der Waals surface area (Å²) in [6.07, 6.45) is -6.45. The summed E-state index contributed by atoms with van der Waals surface area (Å²) in [7, 11) is 6.67. The molecule has 2 saturated heterocycles. The highest BCUT2D eigenvalue weighted by Gasteiger charge is 2.52. The Hall–Kier alpha value is -2.17. The molecule has 302 valence electrons. The molecule has 2 aliphatic heterocycles. The molecule has 14 atom stereocenters. The van der Waals surface area contributed by atoms with Crippen LogP contribution in [0.2, 0.25) is 0 Å². The maximum atomic E-state index is 14.3. The van der Waals surface area contributed by atoms with Crippen LogP contribution in [0.25, 0.3) is 0 Å². The summed E-state index contributed by atoms with van der Waals surface area (Å²) in [5.41, 5.74) is -2.12. The zero-order valence-corrected chi connectivity index (χ0v) is 35.0. The highest BCUT2D eigenvalue weighted by molar-refractivity contribution is 9.10. The third kappa shape index (κ3) is 10.8.